The first kappa shape index (κ1) is 25.1. The lowest BCUT2D eigenvalue weighted by molar-refractivity contribution is -0.274. The van der Waals surface area contributed by atoms with E-state index in [4.69, 9.17) is 9.47 Å². The van der Waals surface area contributed by atoms with Crippen LogP contribution in [0, 0.1) is 5.92 Å². The van der Waals surface area contributed by atoms with Crippen LogP contribution in [0.25, 0.3) is 6.08 Å². The van der Waals surface area contributed by atoms with Crippen LogP contribution in [0.5, 0.6) is 11.5 Å². The number of carbonyl (C=O) groups is 2. The van der Waals surface area contributed by atoms with E-state index in [-0.39, 0.29) is 29.7 Å². The van der Waals surface area contributed by atoms with Gasteiger partial charge in [0.2, 0.25) is 5.91 Å². The van der Waals surface area contributed by atoms with Crippen molar-refractivity contribution >= 4 is 17.9 Å². The van der Waals surface area contributed by atoms with E-state index in [2.05, 4.69) is 4.74 Å². The largest absolute Gasteiger partial charge is 0.573 e. The van der Waals surface area contributed by atoms with Crippen LogP contribution in [0.2, 0.25) is 0 Å². The summed E-state index contributed by atoms with van der Waals surface area (Å²) in [7, 11) is 0. The quantitative estimate of drug-likeness (QED) is 0.518. The molecule has 2 aromatic carbocycles. The highest BCUT2D eigenvalue weighted by molar-refractivity contribution is 5.95. The maximum absolute atomic E-state index is 13.1. The number of likely N-dealkylation sites (tertiary alicyclic amines) is 1. The minimum absolute atomic E-state index is 0.129. The number of nitrogens with zero attached hydrogens (tertiary/aromatic N) is 2. The van der Waals surface area contributed by atoms with Gasteiger partial charge in [-0.15, -0.1) is 13.2 Å². The first-order chi connectivity index (χ1) is 17.7. The van der Waals surface area contributed by atoms with Gasteiger partial charge >= 0.3 is 6.36 Å². The van der Waals surface area contributed by atoms with Gasteiger partial charge in [0, 0.05) is 31.3 Å². The minimum atomic E-state index is -4.76. The van der Waals surface area contributed by atoms with Crippen molar-refractivity contribution in [2.75, 3.05) is 32.8 Å². The lowest BCUT2D eigenvalue weighted by Crippen LogP contribution is -2.52. The molecule has 3 fully saturated rings. The van der Waals surface area contributed by atoms with Crippen LogP contribution in [0.15, 0.2) is 54.6 Å². The van der Waals surface area contributed by atoms with Gasteiger partial charge in [0.05, 0.1) is 25.4 Å². The van der Waals surface area contributed by atoms with E-state index in [1.165, 1.54) is 49.3 Å². The van der Waals surface area contributed by atoms with E-state index < -0.39 is 6.36 Å². The van der Waals surface area contributed by atoms with Crippen LogP contribution in [-0.4, -0.2) is 73.0 Å². The fraction of sp³-hybridized carbons (Fsp3) is 0.407. The van der Waals surface area contributed by atoms with Crippen molar-refractivity contribution in [1.82, 2.24) is 9.80 Å². The summed E-state index contributed by atoms with van der Waals surface area (Å²) in [6.07, 6.45) is 0.291. The number of hydrogen-bond donors (Lipinski definition) is 0. The average Bonchev–Trinajstić information content (AvgIpc) is 3.61. The molecule has 2 atom stereocenters. The zero-order chi connectivity index (χ0) is 26.0. The van der Waals surface area contributed by atoms with E-state index in [1.54, 1.807) is 34.1 Å². The summed E-state index contributed by atoms with van der Waals surface area (Å²) in [5.41, 5.74) is 1.11. The van der Waals surface area contributed by atoms with E-state index in [0.29, 0.717) is 49.9 Å². The number of ether oxygens (including phenoxy) is 3. The predicted molar refractivity (Wildman–Crippen MR) is 128 cm³/mol. The lowest BCUT2D eigenvalue weighted by Gasteiger charge is -2.36. The molecule has 5 rings (SSSR count). The van der Waals surface area contributed by atoms with Gasteiger partial charge in [-0.1, -0.05) is 12.1 Å². The second kappa shape index (κ2) is 10.5. The Bertz CT molecular complexity index is 1150. The monoisotopic (exact) mass is 516 g/mol. The van der Waals surface area contributed by atoms with Crippen LogP contribution in [0.1, 0.15) is 28.8 Å². The molecule has 0 unspecified atom stereocenters. The highest BCUT2D eigenvalue weighted by Gasteiger charge is 2.43. The molecule has 2 aliphatic heterocycles. The van der Waals surface area contributed by atoms with Crippen molar-refractivity contribution < 1.29 is 37.0 Å². The van der Waals surface area contributed by atoms with Crippen LogP contribution < -0.4 is 9.47 Å². The third kappa shape index (κ3) is 6.43. The summed E-state index contributed by atoms with van der Waals surface area (Å²) in [5.74, 6) is 0.681. The van der Waals surface area contributed by atoms with E-state index in [9.17, 15) is 22.8 Å². The van der Waals surface area contributed by atoms with Crippen molar-refractivity contribution in [3.63, 3.8) is 0 Å². The molecule has 3 aliphatic rings. The molecule has 2 aromatic rings. The Morgan fingerprint density at radius 2 is 1.70 bits per heavy atom. The molecular formula is C27H27F3N2O5. The van der Waals surface area contributed by atoms with E-state index in [1.807, 2.05) is 0 Å². The summed E-state index contributed by atoms with van der Waals surface area (Å²) >= 11 is 0. The van der Waals surface area contributed by atoms with Gasteiger partial charge in [-0.25, -0.2) is 0 Å². The van der Waals surface area contributed by atoms with Gasteiger partial charge in [-0.2, -0.15) is 0 Å². The van der Waals surface area contributed by atoms with Crippen molar-refractivity contribution in [3.8, 4) is 11.5 Å². The molecule has 2 saturated heterocycles. The second-order valence-corrected chi connectivity index (χ2v) is 9.45. The molecule has 0 aromatic heterocycles. The molecule has 0 radical (unpaired) electrons. The molecule has 0 N–H and O–H groups in total. The summed E-state index contributed by atoms with van der Waals surface area (Å²) < 4.78 is 52.4. The van der Waals surface area contributed by atoms with Crippen molar-refractivity contribution in [2.24, 2.45) is 5.92 Å². The van der Waals surface area contributed by atoms with Gasteiger partial charge in [0.15, 0.2) is 0 Å². The number of morpholine rings is 1. The molecule has 1 aliphatic carbocycles. The van der Waals surface area contributed by atoms with Crippen LogP contribution in [-0.2, 0) is 9.53 Å². The number of fused-ring (bicyclic) bond motifs is 1. The fourth-order valence-corrected chi connectivity index (χ4v) is 4.55. The average molecular weight is 517 g/mol. The van der Waals surface area contributed by atoms with Crippen LogP contribution >= 0.6 is 0 Å². The number of carbonyl (C=O) groups excluding carboxylic acids is 2. The third-order valence-corrected chi connectivity index (χ3v) is 6.69. The zero-order valence-electron chi connectivity index (χ0n) is 20.0. The Balaban J connectivity index is 1.18. The van der Waals surface area contributed by atoms with Crippen LogP contribution in [0.4, 0.5) is 13.2 Å². The Labute approximate surface area is 212 Å². The van der Waals surface area contributed by atoms with Gasteiger partial charge in [-0.3, -0.25) is 9.59 Å². The predicted octanol–water partition coefficient (Wildman–Crippen LogP) is 4.14. The van der Waals surface area contributed by atoms with Crippen LogP contribution in [0.3, 0.4) is 0 Å². The van der Waals surface area contributed by atoms with Gasteiger partial charge in [0.1, 0.15) is 11.5 Å². The molecule has 10 heteroatoms. The molecule has 1 saturated carbocycles. The topological polar surface area (TPSA) is 68.3 Å². The molecular weight excluding hydrogens is 489 g/mol. The summed E-state index contributed by atoms with van der Waals surface area (Å²) in [6.45, 7) is 2.19. The maximum Gasteiger partial charge on any atom is 0.573 e. The Hall–Kier alpha value is -3.53. The Morgan fingerprint density at radius 3 is 2.38 bits per heavy atom. The van der Waals surface area contributed by atoms with Crippen molar-refractivity contribution in [3.05, 3.63) is 65.7 Å². The third-order valence-electron chi connectivity index (χ3n) is 6.69. The summed E-state index contributed by atoms with van der Waals surface area (Å²) in [4.78, 5) is 29.5. The lowest BCUT2D eigenvalue weighted by atomic mass is 10.1. The zero-order valence-corrected chi connectivity index (χ0v) is 20.0. The molecule has 0 spiro atoms. The summed E-state index contributed by atoms with van der Waals surface area (Å²) in [5, 5.41) is 0. The number of halogens is 3. The summed E-state index contributed by atoms with van der Waals surface area (Å²) in [6, 6.07) is 12.1. The van der Waals surface area contributed by atoms with Gasteiger partial charge in [-0.05, 0) is 66.8 Å². The highest BCUT2D eigenvalue weighted by atomic mass is 19.4. The van der Waals surface area contributed by atoms with Crippen molar-refractivity contribution in [1.29, 1.82) is 0 Å². The van der Waals surface area contributed by atoms with Gasteiger partial charge in [0.25, 0.3) is 5.91 Å². The van der Waals surface area contributed by atoms with E-state index >= 15 is 0 Å². The second-order valence-electron chi connectivity index (χ2n) is 9.45. The number of benzene rings is 2. The smallest absolute Gasteiger partial charge is 0.493 e. The molecule has 196 valence electrons. The Morgan fingerprint density at radius 1 is 1.00 bits per heavy atom. The normalized spacial score (nSPS) is 21.7. The van der Waals surface area contributed by atoms with Crippen molar-refractivity contribution in [2.45, 2.75) is 31.3 Å². The molecule has 37 heavy (non-hydrogen) atoms. The molecule has 2 amide bonds. The number of hydrogen-bond acceptors (Lipinski definition) is 5. The highest BCUT2D eigenvalue weighted by Crippen LogP contribution is 2.30. The standard InChI is InChI=1S/C27H27F3N2O5/c28-27(29,30)37-22-8-3-18(4-9-22)5-12-25(33)32-13-14-35-24-16-31(15-23(24)32)26(34)20-6-10-21(11-7-20)36-17-19-1-2-19/h3-12,19,23-24H,1-2,13-17H2/b12-5+/t23-,24+/m0/s1. The SMILES string of the molecule is O=C(c1ccc(OCC2CC2)cc1)N1C[C@H]2OCCN(C(=O)/C=C/c3ccc(OC(F)(F)F)cc3)[C@H]2C1. The van der Waals surface area contributed by atoms with E-state index in [0.717, 1.165) is 5.75 Å². The number of rotatable bonds is 7. The maximum atomic E-state index is 13.1. The molecule has 2 heterocycles. The number of amides is 2. The fourth-order valence-electron chi connectivity index (χ4n) is 4.55. The number of alkyl halides is 3. The minimum Gasteiger partial charge on any atom is -0.493 e. The Kier molecular flexibility index (Phi) is 7.10. The molecule has 0 bridgehead atoms. The first-order valence-corrected chi connectivity index (χ1v) is 12.2. The first-order valence-electron chi connectivity index (χ1n) is 12.2. The van der Waals surface area contributed by atoms with Gasteiger partial charge < -0.3 is 24.0 Å². The molecule has 7 nitrogen and oxygen atoms in total.